The van der Waals surface area contributed by atoms with Gasteiger partial charge in [0.05, 0.1) is 12.1 Å². The molecular formula is C15H15F2N3O2. The maximum atomic E-state index is 13.7. The van der Waals surface area contributed by atoms with Crippen LogP contribution in [-0.4, -0.2) is 27.5 Å². The summed E-state index contributed by atoms with van der Waals surface area (Å²) >= 11 is 0. The van der Waals surface area contributed by atoms with Gasteiger partial charge >= 0.3 is 0 Å². The molecule has 1 aliphatic carbocycles. The van der Waals surface area contributed by atoms with Crippen LogP contribution in [0.15, 0.2) is 22.7 Å². The highest BCUT2D eigenvalue weighted by Gasteiger charge is 2.30. The van der Waals surface area contributed by atoms with E-state index >= 15 is 0 Å². The molecule has 3 rings (SSSR count). The number of aromatic nitrogens is 2. The molecule has 116 valence electrons. The molecule has 22 heavy (non-hydrogen) atoms. The molecule has 1 aliphatic rings. The second-order valence-electron chi connectivity index (χ2n) is 5.27. The van der Waals surface area contributed by atoms with Gasteiger partial charge in [0.1, 0.15) is 11.6 Å². The highest BCUT2D eigenvalue weighted by Crippen LogP contribution is 2.38. The smallest absolute Gasteiger partial charge is 0.257 e. The Morgan fingerprint density at radius 3 is 2.82 bits per heavy atom. The van der Waals surface area contributed by atoms with E-state index in [2.05, 4.69) is 10.1 Å². The maximum absolute atomic E-state index is 13.7. The van der Waals surface area contributed by atoms with Gasteiger partial charge in [0.25, 0.3) is 5.91 Å². The molecule has 1 fully saturated rings. The normalized spacial score (nSPS) is 14.1. The molecule has 0 aliphatic heterocycles. The molecular weight excluding hydrogens is 292 g/mol. The van der Waals surface area contributed by atoms with Crippen LogP contribution >= 0.6 is 0 Å². The van der Waals surface area contributed by atoms with E-state index in [-0.39, 0.29) is 12.1 Å². The monoisotopic (exact) mass is 307 g/mol. The molecule has 0 unspecified atom stereocenters. The van der Waals surface area contributed by atoms with Crippen LogP contribution in [0.3, 0.4) is 0 Å². The summed E-state index contributed by atoms with van der Waals surface area (Å²) in [7, 11) is 0. The first kappa shape index (κ1) is 14.6. The minimum Gasteiger partial charge on any atom is -0.339 e. The summed E-state index contributed by atoms with van der Waals surface area (Å²) in [5.74, 6) is -0.815. The lowest BCUT2D eigenvalue weighted by molar-refractivity contribution is 0.0742. The van der Waals surface area contributed by atoms with Crippen molar-refractivity contribution in [1.82, 2.24) is 15.0 Å². The van der Waals surface area contributed by atoms with Crippen LogP contribution < -0.4 is 0 Å². The third kappa shape index (κ3) is 2.98. The second-order valence-corrected chi connectivity index (χ2v) is 5.27. The van der Waals surface area contributed by atoms with Crippen molar-refractivity contribution in [2.75, 3.05) is 6.54 Å². The highest BCUT2D eigenvalue weighted by molar-refractivity contribution is 5.94. The topological polar surface area (TPSA) is 59.2 Å². The van der Waals surface area contributed by atoms with Crippen molar-refractivity contribution in [2.24, 2.45) is 0 Å². The van der Waals surface area contributed by atoms with E-state index in [0.29, 0.717) is 30.2 Å². The van der Waals surface area contributed by atoms with Gasteiger partial charge in [0, 0.05) is 18.5 Å². The van der Waals surface area contributed by atoms with Crippen molar-refractivity contribution in [3.8, 4) is 0 Å². The van der Waals surface area contributed by atoms with Crippen molar-refractivity contribution in [3.05, 3.63) is 47.1 Å². The minimum absolute atomic E-state index is 0.127. The second kappa shape index (κ2) is 5.82. The number of hydrogen-bond donors (Lipinski definition) is 0. The van der Waals surface area contributed by atoms with E-state index in [9.17, 15) is 13.6 Å². The molecule has 0 saturated heterocycles. The summed E-state index contributed by atoms with van der Waals surface area (Å²) in [5.41, 5.74) is -0.172. The van der Waals surface area contributed by atoms with Crippen LogP contribution in [0.4, 0.5) is 8.78 Å². The Hall–Kier alpha value is -2.31. The van der Waals surface area contributed by atoms with Gasteiger partial charge in [-0.15, -0.1) is 0 Å². The largest absolute Gasteiger partial charge is 0.339 e. The summed E-state index contributed by atoms with van der Waals surface area (Å²) in [6.07, 6.45) is 2.08. The Bertz CT molecular complexity index is 698. The SMILES string of the molecule is CCN(Cc1noc(C2CC2)n1)C(=O)c1ccc(F)cc1F. The average molecular weight is 307 g/mol. The Kier molecular flexibility index (Phi) is 3.87. The van der Waals surface area contributed by atoms with E-state index < -0.39 is 17.5 Å². The molecule has 1 heterocycles. The first-order chi connectivity index (χ1) is 10.6. The fourth-order valence-corrected chi connectivity index (χ4v) is 2.16. The Morgan fingerprint density at radius 2 is 2.18 bits per heavy atom. The number of amides is 1. The van der Waals surface area contributed by atoms with Crippen LogP contribution in [0.5, 0.6) is 0 Å². The van der Waals surface area contributed by atoms with E-state index in [1.807, 2.05) is 0 Å². The van der Waals surface area contributed by atoms with Crippen LogP contribution in [-0.2, 0) is 6.54 Å². The lowest BCUT2D eigenvalue weighted by atomic mass is 10.1. The van der Waals surface area contributed by atoms with Crippen molar-refractivity contribution >= 4 is 5.91 Å². The van der Waals surface area contributed by atoms with Crippen molar-refractivity contribution in [3.63, 3.8) is 0 Å². The standard InChI is InChI=1S/C15H15F2N3O2/c1-2-20(8-13-18-14(22-19-13)9-3-4-9)15(21)11-6-5-10(16)7-12(11)17/h5-7,9H,2-4,8H2,1H3. The molecule has 1 aromatic carbocycles. The van der Waals surface area contributed by atoms with E-state index in [0.717, 1.165) is 25.0 Å². The van der Waals surface area contributed by atoms with Gasteiger partial charge in [-0.3, -0.25) is 4.79 Å². The van der Waals surface area contributed by atoms with Crippen LogP contribution in [0.25, 0.3) is 0 Å². The molecule has 1 saturated carbocycles. The molecule has 7 heteroatoms. The summed E-state index contributed by atoms with van der Waals surface area (Å²) < 4.78 is 31.8. The number of rotatable bonds is 5. The molecule has 0 N–H and O–H groups in total. The number of nitrogens with zero attached hydrogens (tertiary/aromatic N) is 3. The van der Waals surface area contributed by atoms with Gasteiger partial charge in [-0.1, -0.05) is 5.16 Å². The van der Waals surface area contributed by atoms with Crippen LogP contribution in [0.1, 0.15) is 47.8 Å². The molecule has 0 bridgehead atoms. The number of carbonyl (C=O) groups excluding carboxylic acids is 1. The van der Waals surface area contributed by atoms with E-state index in [1.165, 1.54) is 4.90 Å². The maximum Gasteiger partial charge on any atom is 0.257 e. The highest BCUT2D eigenvalue weighted by atomic mass is 19.1. The lowest BCUT2D eigenvalue weighted by Crippen LogP contribution is -2.31. The predicted octanol–water partition coefficient (Wildman–Crippen LogP) is 2.89. The molecule has 0 radical (unpaired) electrons. The first-order valence-corrected chi connectivity index (χ1v) is 7.15. The molecule has 0 atom stereocenters. The van der Waals surface area contributed by atoms with E-state index in [1.54, 1.807) is 6.92 Å². The number of halogens is 2. The van der Waals surface area contributed by atoms with Gasteiger partial charge in [-0.05, 0) is 31.9 Å². The number of hydrogen-bond acceptors (Lipinski definition) is 4. The molecule has 2 aromatic rings. The zero-order valence-corrected chi connectivity index (χ0v) is 12.1. The van der Waals surface area contributed by atoms with Crippen molar-refractivity contribution < 1.29 is 18.1 Å². The predicted molar refractivity (Wildman–Crippen MR) is 73.0 cm³/mol. The third-order valence-electron chi connectivity index (χ3n) is 3.57. The fraction of sp³-hybridized carbons (Fsp3) is 0.400. The molecule has 0 spiro atoms. The Balaban J connectivity index is 1.75. The van der Waals surface area contributed by atoms with Gasteiger partial charge in [0.2, 0.25) is 5.89 Å². The van der Waals surface area contributed by atoms with Gasteiger partial charge < -0.3 is 9.42 Å². The average Bonchev–Trinajstić information content (AvgIpc) is 3.24. The van der Waals surface area contributed by atoms with Crippen LogP contribution in [0.2, 0.25) is 0 Å². The van der Waals surface area contributed by atoms with Gasteiger partial charge in [0.15, 0.2) is 5.82 Å². The van der Waals surface area contributed by atoms with Crippen LogP contribution in [0, 0.1) is 11.6 Å². The van der Waals surface area contributed by atoms with Gasteiger partial charge in [-0.2, -0.15) is 4.98 Å². The third-order valence-corrected chi connectivity index (χ3v) is 3.57. The quantitative estimate of drug-likeness (QED) is 0.852. The summed E-state index contributed by atoms with van der Waals surface area (Å²) in [6, 6.07) is 2.89. The number of carbonyl (C=O) groups is 1. The van der Waals surface area contributed by atoms with Crippen molar-refractivity contribution in [2.45, 2.75) is 32.2 Å². The number of benzene rings is 1. The first-order valence-electron chi connectivity index (χ1n) is 7.15. The zero-order chi connectivity index (χ0) is 15.7. The van der Waals surface area contributed by atoms with Crippen molar-refractivity contribution in [1.29, 1.82) is 0 Å². The zero-order valence-electron chi connectivity index (χ0n) is 12.1. The minimum atomic E-state index is -0.879. The lowest BCUT2D eigenvalue weighted by Gasteiger charge is -2.19. The Labute approximate surface area is 125 Å². The summed E-state index contributed by atoms with van der Waals surface area (Å²) in [4.78, 5) is 18.0. The fourth-order valence-electron chi connectivity index (χ4n) is 2.16. The van der Waals surface area contributed by atoms with E-state index in [4.69, 9.17) is 4.52 Å². The molecule has 1 aromatic heterocycles. The summed E-state index contributed by atoms with van der Waals surface area (Å²) in [6.45, 7) is 2.24. The Morgan fingerprint density at radius 1 is 1.41 bits per heavy atom. The molecule has 5 nitrogen and oxygen atoms in total. The molecule has 1 amide bonds. The van der Waals surface area contributed by atoms with Gasteiger partial charge in [-0.25, -0.2) is 8.78 Å². The summed E-state index contributed by atoms with van der Waals surface area (Å²) in [5, 5.41) is 3.84.